The van der Waals surface area contributed by atoms with Crippen LogP contribution in [0.4, 0.5) is 0 Å². The highest BCUT2D eigenvalue weighted by Crippen LogP contribution is 2.37. The number of amides is 1. The molecule has 1 amide bonds. The number of benzene rings is 1. The number of ether oxygens (including phenoxy) is 2. The van der Waals surface area contributed by atoms with Crippen molar-refractivity contribution in [1.82, 2.24) is 14.9 Å². The third-order valence-corrected chi connectivity index (χ3v) is 5.97. The van der Waals surface area contributed by atoms with Crippen molar-refractivity contribution in [2.24, 2.45) is 5.73 Å². The van der Waals surface area contributed by atoms with Crippen LogP contribution in [-0.2, 0) is 11.3 Å². The third-order valence-electron chi connectivity index (χ3n) is 4.87. The number of carbonyl (C=O) groups is 1. The summed E-state index contributed by atoms with van der Waals surface area (Å²) in [4.78, 5) is 25.6. The molecule has 146 valence electrons. The molecule has 1 aromatic carbocycles. The number of para-hydroxylation sites is 1. The minimum Gasteiger partial charge on any atom is -0.437 e. The summed E-state index contributed by atoms with van der Waals surface area (Å²) in [6.45, 7) is 7.86. The SMILES string of the molecule is Cc1sc2nc(CN3CCOCC3)nc(Oc3ccccc3C(N)=O)c2c1C. The van der Waals surface area contributed by atoms with E-state index >= 15 is 0 Å². The van der Waals surface area contributed by atoms with Crippen molar-refractivity contribution in [1.29, 1.82) is 0 Å². The minimum absolute atomic E-state index is 0.327. The molecule has 0 saturated carbocycles. The van der Waals surface area contributed by atoms with Gasteiger partial charge >= 0.3 is 0 Å². The van der Waals surface area contributed by atoms with Gasteiger partial charge in [0.05, 0.1) is 30.7 Å². The van der Waals surface area contributed by atoms with Gasteiger partial charge in [-0.1, -0.05) is 12.1 Å². The van der Waals surface area contributed by atoms with Crippen LogP contribution in [0.25, 0.3) is 10.2 Å². The second-order valence-electron chi connectivity index (χ2n) is 6.76. The highest BCUT2D eigenvalue weighted by Gasteiger charge is 2.20. The van der Waals surface area contributed by atoms with Crippen LogP contribution < -0.4 is 10.5 Å². The van der Waals surface area contributed by atoms with Gasteiger partial charge in [0, 0.05) is 18.0 Å². The number of rotatable bonds is 5. The molecule has 1 aliphatic heterocycles. The van der Waals surface area contributed by atoms with Crippen molar-refractivity contribution in [3.63, 3.8) is 0 Å². The van der Waals surface area contributed by atoms with Crippen LogP contribution in [0.5, 0.6) is 11.6 Å². The van der Waals surface area contributed by atoms with Gasteiger partial charge in [-0.3, -0.25) is 9.69 Å². The number of morpholine rings is 1. The van der Waals surface area contributed by atoms with Crippen molar-refractivity contribution in [3.8, 4) is 11.6 Å². The van der Waals surface area contributed by atoms with Crippen molar-refractivity contribution < 1.29 is 14.3 Å². The van der Waals surface area contributed by atoms with Crippen LogP contribution in [0.1, 0.15) is 26.6 Å². The Kier molecular flexibility index (Phi) is 5.25. The Bertz CT molecular complexity index is 1030. The number of fused-ring (bicyclic) bond motifs is 1. The van der Waals surface area contributed by atoms with Gasteiger partial charge in [0.25, 0.3) is 5.91 Å². The number of primary amides is 1. The van der Waals surface area contributed by atoms with Crippen molar-refractivity contribution in [2.45, 2.75) is 20.4 Å². The van der Waals surface area contributed by atoms with E-state index in [9.17, 15) is 4.79 Å². The van der Waals surface area contributed by atoms with Crippen molar-refractivity contribution in [3.05, 3.63) is 46.1 Å². The van der Waals surface area contributed by atoms with Crippen LogP contribution in [0, 0.1) is 13.8 Å². The first-order valence-corrected chi connectivity index (χ1v) is 9.98. The van der Waals surface area contributed by atoms with E-state index in [1.165, 1.54) is 4.88 Å². The normalized spacial score (nSPS) is 15.1. The van der Waals surface area contributed by atoms with Gasteiger partial charge < -0.3 is 15.2 Å². The number of hydrogen-bond donors (Lipinski definition) is 1. The zero-order valence-corrected chi connectivity index (χ0v) is 16.7. The predicted octanol–water partition coefficient (Wildman–Crippen LogP) is 3.03. The zero-order chi connectivity index (χ0) is 19.7. The smallest absolute Gasteiger partial charge is 0.252 e. The average molecular weight is 398 g/mol. The Morgan fingerprint density at radius 2 is 2.00 bits per heavy atom. The highest BCUT2D eigenvalue weighted by molar-refractivity contribution is 7.18. The van der Waals surface area contributed by atoms with Crippen molar-refractivity contribution >= 4 is 27.5 Å². The van der Waals surface area contributed by atoms with Crippen LogP contribution in [0.15, 0.2) is 24.3 Å². The Hall–Kier alpha value is -2.55. The van der Waals surface area contributed by atoms with Crippen molar-refractivity contribution in [2.75, 3.05) is 26.3 Å². The maximum Gasteiger partial charge on any atom is 0.252 e. The molecule has 1 fully saturated rings. The Morgan fingerprint density at radius 1 is 1.25 bits per heavy atom. The summed E-state index contributed by atoms with van der Waals surface area (Å²) in [6, 6.07) is 6.94. The van der Waals surface area contributed by atoms with Crippen LogP contribution >= 0.6 is 11.3 Å². The maximum atomic E-state index is 11.8. The van der Waals surface area contributed by atoms with Gasteiger partial charge in [-0.15, -0.1) is 11.3 Å². The van der Waals surface area contributed by atoms with E-state index in [-0.39, 0.29) is 0 Å². The number of nitrogens with two attached hydrogens (primary N) is 1. The molecule has 0 bridgehead atoms. The lowest BCUT2D eigenvalue weighted by atomic mass is 10.2. The Balaban J connectivity index is 1.76. The van der Waals surface area contributed by atoms with Gasteiger partial charge in [-0.25, -0.2) is 4.98 Å². The van der Waals surface area contributed by atoms with Gasteiger partial charge in [0.15, 0.2) is 0 Å². The van der Waals surface area contributed by atoms with Gasteiger partial charge in [0.2, 0.25) is 5.88 Å². The summed E-state index contributed by atoms with van der Waals surface area (Å²) in [5.41, 5.74) is 6.92. The second-order valence-corrected chi connectivity index (χ2v) is 7.96. The lowest BCUT2D eigenvalue weighted by Gasteiger charge is -2.25. The molecule has 1 saturated heterocycles. The molecule has 0 spiro atoms. The Labute approximate surface area is 167 Å². The highest BCUT2D eigenvalue weighted by atomic mass is 32.1. The molecule has 7 nitrogen and oxygen atoms in total. The third kappa shape index (κ3) is 3.71. The monoisotopic (exact) mass is 398 g/mol. The lowest BCUT2D eigenvalue weighted by Crippen LogP contribution is -2.36. The fraction of sp³-hybridized carbons (Fsp3) is 0.350. The first-order chi connectivity index (χ1) is 13.5. The molecule has 0 radical (unpaired) electrons. The molecular weight excluding hydrogens is 376 g/mol. The molecule has 2 N–H and O–H groups in total. The summed E-state index contributed by atoms with van der Waals surface area (Å²) < 4.78 is 11.5. The summed E-state index contributed by atoms with van der Waals surface area (Å²) in [5.74, 6) is 1.02. The fourth-order valence-corrected chi connectivity index (χ4v) is 4.26. The molecule has 0 atom stereocenters. The molecular formula is C20H22N4O3S. The topological polar surface area (TPSA) is 90.6 Å². The summed E-state index contributed by atoms with van der Waals surface area (Å²) in [6.07, 6.45) is 0. The van der Waals surface area contributed by atoms with Crippen LogP contribution in [0.2, 0.25) is 0 Å². The van der Waals surface area contributed by atoms with E-state index < -0.39 is 5.91 Å². The molecule has 3 aromatic rings. The molecule has 3 heterocycles. The van der Waals surface area contributed by atoms with Gasteiger partial charge in [0.1, 0.15) is 16.4 Å². The average Bonchev–Trinajstić information content (AvgIpc) is 2.97. The molecule has 28 heavy (non-hydrogen) atoms. The van der Waals surface area contributed by atoms with E-state index in [2.05, 4.69) is 11.8 Å². The maximum absolute atomic E-state index is 11.8. The summed E-state index contributed by atoms with van der Waals surface area (Å²) in [7, 11) is 0. The zero-order valence-electron chi connectivity index (χ0n) is 15.9. The van der Waals surface area contributed by atoms with E-state index in [1.807, 2.05) is 6.92 Å². The first kappa shape index (κ1) is 18.8. The number of hydrogen-bond acceptors (Lipinski definition) is 7. The van der Waals surface area contributed by atoms with E-state index in [0.29, 0.717) is 29.6 Å². The number of carbonyl (C=O) groups excluding carboxylic acids is 1. The molecule has 2 aromatic heterocycles. The van der Waals surface area contributed by atoms with E-state index in [0.717, 1.165) is 42.1 Å². The molecule has 1 aliphatic rings. The van der Waals surface area contributed by atoms with Gasteiger partial charge in [-0.05, 0) is 31.5 Å². The van der Waals surface area contributed by atoms with Gasteiger partial charge in [-0.2, -0.15) is 4.98 Å². The predicted molar refractivity (Wildman–Crippen MR) is 108 cm³/mol. The Morgan fingerprint density at radius 3 is 2.75 bits per heavy atom. The first-order valence-electron chi connectivity index (χ1n) is 9.16. The molecule has 0 aliphatic carbocycles. The van der Waals surface area contributed by atoms with Crippen LogP contribution in [-0.4, -0.2) is 47.1 Å². The van der Waals surface area contributed by atoms with Crippen LogP contribution in [0.3, 0.4) is 0 Å². The number of aromatic nitrogens is 2. The molecule has 8 heteroatoms. The fourth-order valence-electron chi connectivity index (χ4n) is 3.22. The quantitative estimate of drug-likeness (QED) is 0.710. The number of aryl methyl sites for hydroxylation is 2. The summed E-state index contributed by atoms with van der Waals surface area (Å²) >= 11 is 1.62. The van der Waals surface area contributed by atoms with E-state index in [1.54, 1.807) is 35.6 Å². The number of thiophene rings is 1. The molecule has 4 rings (SSSR count). The van der Waals surface area contributed by atoms with E-state index in [4.69, 9.17) is 25.2 Å². The standard InChI is InChI=1S/C20H22N4O3S/c1-12-13(2)28-20-17(12)19(27-15-6-4-3-5-14(15)18(21)25)22-16(23-20)11-24-7-9-26-10-8-24/h3-6H,7-11H2,1-2H3,(H2,21,25). The lowest BCUT2D eigenvalue weighted by molar-refractivity contribution is 0.0330. The largest absolute Gasteiger partial charge is 0.437 e. The molecule has 0 unspecified atom stereocenters. The number of nitrogens with zero attached hydrogens (tertiary/aromatic N) is 3. The summed E-state index contributed by atoms with van der Waals surface area (Å²) in [5, 5.41) is 0.882. The minimum atomic E-state index is -0.535. The second kappa shape index (κ2) is 7.83.